The summed E-state index contributed by atoms with van der Waals surface area (Å²) in [5.74, 6) is 0. The first-order valence-electron chi connectivity index (χ1n) is 8.03. The van der Waals surface area contributed by atoms with E-state index in [1.165, 1.54) is 4.31 Å². The van der Waals surface area contributed by atoms with Crippen molar-refractivity contribution in [1.82, 2.24) is 9.21 Å². The lowest BCUT2D eigenvalue weighted by Gasteiger charge is -2.27. The van der Waals surface area contributed by atoms with Crippen molar-refractivity contribution in [1.29, 1.82) is 0 Å². The van der Waals surface area contributed by atoms with Gasteiger partial charge < -0.3 is 9.64 Å². The fourth-order valence-corrected chi connectivity index (χ4v) is 5.41. The summed E-state index contributed by atoms with van der Waals surface area (Å²) in [6.07, 6.45) is 1.05. The number of nitrogens with zero attached hydrogens (tertiary/aromatic N) is 3. The van der Waals surface area contributed by atoms with E-state index in [4.69, 9.17) is 4.74 Å². The quantitative estimate of drug-likeness (QED) is 0.818. The molecule has 0 aliphatic carbocycles. The predicted molar refractivity (Wildman–Crippen MR) is 95.2 cm³/mol. The first kappa shape index (κ1) is 16.1. The van der Waals surface area contributed by atoms with E-state index in [2.05, 4.69) is 15.3 Å². The molecule has 24 heavy (non-hydrogen) atoms. The molecule has 0 radical (unpaired) electrons. The second-order valence-electron chi connectivity index (χ2n) is 5.83. The lowest BCUT2D eigenvalue weighted by Crippen LogP contribution is -2.40. The van der Waals surface area contributed by atoms with Crippen molar-refractivity contribution in [3.63, 3.8) is 0 Å². The van der Waals surface area contributed by atoms with Gasteiger partial charge in [-0.15, -0.1) is 0 Å². The third-order valence-corrected chi connectivity index (χ3v) is 7.16. The van der Waals surface area contributed by atoms with Crippen molar-refractivity contribution in [2.45, 2.75) is 11.3 Å². The number of benzene rings is 1. The summed E-state index contributed by atoms with van der Waals surface area (Å²) in [5.41, 5.74) is 2.13. The molecular weight excluding hydrogens is 346 g/mol. The maximum absolute atomic E-state index is 12.7. The molecule has 1 aromatic rings. The third-order valence-electron chi connectivity index (χ3n) is 4.34. The van der Waals surface area contributed by atoms with E-state index in [0.717, 1.165) is 35.9 Å². The standard InChI is InChI=1S/C16H19N3O3S2/c20-24(21,18-8-10-22-11-9-18)14-4-2-13(3-5-14)15-12-23-16-17-6-1-7-19(15)16/h2-5,12H,1,6-11H2. The predicted octanol–water partition coefficient (Wildman–Crippen LogP) is 1.81. The Kier molecular flexibility index (Phi) is 4.38. The van der Waals surface area contributed by atoms with Crippen LogP contribution >= 0.6 is 11.8 Å². The molecule has 0 spiro atoms. The topological polar surface area (TPSA) is 62.2 Å². The highest BCUT2D eigenvalue weighted by molar-refractivity contribution is 8.16. The normalized spacial score (nSPS) is 22.1. The van der Waals surface area contributed by atoms with Crippen molar-refractivity contribution in [3.8, 4) is 0 Å². The highest BCUT2D eigenvalue weighted by Crippen LogP contribution is 2.35. The van der Waals surface area contributed by atoms with Crippen LogP contribution < -0.4 is 0 Å². The summed E-state index contributed by atoms with van der Waals surface area (Å²) >= 11 is 1.64. The summed E-state index contributed by atoms with van der Waals surface area (Å²) < 4.78 is 32.1. The smallest absolute Gasteiger partial charge is 0.243 e. The minimum absolute atomic E-state index is 0.340. The van der Waals surface area contributed by atoms with Gasteiger partial charge >= 0.3 is 0 Å². The number of thioether (sulfide) groups is 1. The van der Waals surface area contributed by atoms with E-state index in [0.29, 0.717) is 31.2 Å². The minimum Gasteiger partial charge on any atom is -0.379 e. The molecule has 6 nitrogen and oxygen atoms in total. The SMILES string of the molecule is O=S(=O)(c1ccc(C2=CSC3=NCCCN23)cc1)N1CCOCC1. The van der Waals surface area contributed by atoms with Crippen LogP contribution in [0.1, 0.15) is 12.0 Å². The van der Waals surface area contributed by atoms with Crippen LogP contribution in [0.2, 0.25) is 0 Å². The Morgan fingerprint density at radius 3 is 2.58 bits per heavy atom. The average Bonchev–Trinajstić information content (AvgIpc) is 3.07. The third kappa shape index (κ3) is 2.88. The minimum atomic E-state index is -3.43. The second kappa shape index (κ2) is 6.51. The maximum Gasteiger partial charge on any atom is 0.243 e. The zero-order valence-corrected chi connectivity index (χ0v) is 14.9. The lowest BCUT2D eigenvalue weighted by molar-refractivity contribution is 0.0730. The van der Waals surface area contributed by atoms with E-state index < -0.39 is 10.0 Å². The molecule has 0 unspecified atom stereocenters. The van der Waals surface area contributed by atoms with E-state index in [-0.39, 0.29) is 0 Å². The summed E-state index contributed by atoms with van der Waals surface area (Å²) in [7, 11) is -3.43. The van der Waals surface area contributed by atoms with Gasteiger partial charge in [-0.2, -0.15) is 4.31 Å². The highest BCUT2D eigenvalue weighted by Gasteiger charge is 2.28. The van der Waals surface area contributed by atoms with Crippen molar-refractivity contribution < 1.29 is 13.2 Å². The number of hydrogen-bond donors (Lipinski definition) is 0. The first-order valence-corrected chi connectivity index (χ1v) is 10.4. The summed E-state index contributed by atoms with van der Waals surface area (Å²) in [6.45, 7) is 3.60. The Morgan fingerprint density at radius 2 is 1.83 bits per heavy atom. The number of fused-ring (bicyclic) bond motifs is 1. The Balaban J connectivity index is 1.57. The van der Waals surface area contributed by atoms with Gasteiger partial charge in [0.25, 0.3) is 0 Å². The number of amidine groups is 1. The first-order chi connectivity index (χ1) is 11.7. The van der Waals surface area contributed by atoms with Gasteiger partial charge in [0.1, 0.15) is 0 Å². The van der Waals surface area contributed by atoms with Gasteiger partial charge in [0, 0.05) is 31.6 Å². The maximum atomic E-state index is 12.7. The average molecular weight is 365 g/mol. The van der Waals surface area contributed by atoms with Gasteiger partial charge in [-0.1, -0.05) is 23.9 Å². The lowest BCUT2D eigenvalue weighted by atomic mass is 10.1. The van der Waals surface area contributed by atoms with Gasteiger partial charge in [0.15, 0.2) is 5.17 Å². The summed E-state index contributed by atoms with van der Waals surface area (Å²) in [5, 5.41) is 3.14. The van der Waals surface area contributed by atoms with Crippen LogP contribution in [0.15, 0.2) is 39.6 Å². The monoisotopic (exact) mass is 365 g/mol. The largest absolute Gasteiger partial charge is 0.379 e. The van der Waals surface area contributed by atoms with Crippen LogP contribution in [0.25, 0.3) is 5.70 Å². The van der Waals surface area contributed by atoms with Crippen molar-refractivity contribution in [2.75, 3.05) is 39.4 Å². The van der Waals surface area contributed by atoms with Gasteiger partial charge in [-0.25, -0.2) is 8.42 Å². The molecule has 0 saturated carbocycles. The van der Waals surface area contributed by atoms with Crippen molar-refractivity contribution in [2.24, 2.45) is 4.99 Å². The number of rotatable bonds is 3. The molecule has 0 bridgehead atoms. The van der Waals surface area contributed by atoms with Crippen LogP contribution in [0.5, 0.6) is 0 Å². The zero-order valence-electron chi connectivity index (χ0n) is 13.2. The van der Waals surface area contributed by atoms with Gasteiger partial charge in [0.05, 0.1) is 23.8 Å². The number of sulfonamides is 1. The molecule has 0 atom stereocenters. The molecule has 0 N–H and O–H groups in total. The molecule has 1 fully saturated rings. The Morgan fingerprint density at radius 1 is 1.08 bits per heavy atom. The number of aliphatic imine (C=N–C) groups is 1. The number of ether oxygens (including phenoxy) is 1. The molecule has 1 aromatic carbocycles. The molecule has 3 aliphatic rings. The molecule has 3 heterocycles. The van der Waals surface area contributed by atoms with E-state index in [9.17, 15) is 8.42 Å². The van der Waals surface area contributed by atoms with Gasteiger partial charge in [0.2, 0.25) is 10.0 Å². The zero-order chi connectivity index (χ0) is 16.6. The molecule has 0 amide bonds. The van der Waals surface area contributed by atoms with Gasteiger partial charge in [-0.3, -0.25) is 4.99 Å². The van der Waals surface area contributed by atoms with Crippen LogP contribution in [-0.4, -0.2) is 62.2 Å². The van der Waals surface area contributed by atoms with Crippen molar-refractivity contribution in [3.05, 3.63) is 35.2 Å². The highest BCUT2D eigenvalue weighted by atomic mass is 32.2. The van der Waals surface area contributed by atoms with Crippen LogP contribution in [0.3, 0.4) is 0 Å². The Bertz CT molecular complexity index is 781. The molecule has 128 valence electrons. The summed E-state index contributed by atoms with van der Waals surface area (Å²) in [6, 6.07) is 7.17. The fraction of sp³-hybridized carbons (Fsp3) is 0.438. The Hall–Kier alpha value is -1.35. The molecule has 8 heteroatoms. The number of morpholine rings is 1. The molecule has 3 aliphatic heterocycles. The van der Waals surface area contributed by atoms with Gasteiger partial charge in [-0.05, 0) is 24.1 Å². The molecule has 1 saturated heterocycles. The van der Waals surface area contributed by atoms with E-state index >= 15 is 0 Å². The van der Waals surface area contributed by atoms with Crippen LogP contribution in [0, 0.1) is 0 Å². The van der Waals surface area contributed by atoms with E-state index in [1.54, 1.807) is 23.9 Å². The number of hydrogen-bond acceptors (Lipinski definition) is 6. The molecule has 4 rings (SSSR count). The van der Waals surface area contributed by atoms with Crippen LogP contribution in [0.4, 0.5) is 0 Å². The summed E-state index contributed by atoms with van der Waals surface area (Å²) in [4.78, 5) is 7.07. The Labute approximate surface area is 146 Å². The van der Waals surface area contributed by atoms with Crippen molar-refractivity contribution >= 4 is 32.6 Å². The van der Waals surface area contributed by atoms with E-state index in [1.807, 2.05) is 12.1 Å². The fourth-order valence-electron chi connectivity index (χ4n) is 3.04. The molecular formula is C16H19N3O3S2. The van der Waals surface area contributed by atoms with Crippen LogP contribution in [-0.2, 0) is 14.8 Å². The second-order valence-corrected chi connectivity index (χ2v) is 8.61. The molecule has 0 aromatic heterocycles.